The molecule has 2 heterocycles. The third-order valence-electron chi connectivity index (χ3n) is 4.58. The van der Waals surface area contributed by atoms with Crippen molar-refractivity contribution in [3.8, 4) is 11.8 Å². The van der Waals surface area contributed by atoms with Gasteiger partial charge in [0, 0.05) is 5.69 Å². The first-order chi connectivity index (χ1) is 11.7. The number of nitrogens with zero attached hydrogens (tertiary/aromatic N) is 2. The monoisotopic (exact) mass is 344 g/mol. The largest absolute Gasteiger partial charge is 0.497 e. The fraction of sp³-hybridized carbons (Fsp3) is 0.444. The number of hydrogen-bond donors (Lipinski definition) is 1. The summed E-state index contributed by atoms with van der Waals surface area (Å²) in [5.41, 5.74) is -1.64. The summed E-state index contributed by atoms with van der Waals surface area (Å²) in [4.78, 5) is 14.1. The van der Waals surface area contributed by atoms with E-state index in [0.29, 0.717) is 11.4 Å². The molecule has 2 aliphatic heterocycles. The zero-order valence-corrected chi connectivity index (χ0v) is 14.4. The zero-order valence-electron chi connectivity index (χ0n) is 14.4. The fourth-order valence-corrected chi connectivity index (χ4v) is 3.28. The van der Waals surface area contributed by atoms with Crippen LogP contribution in [0.5, 0.6) is 5.75 Å². The number of hydrogen-bond acceptors (Lipinski definition) is 6. The van der Waals surface area contributed by atoms with E-state index in [-0.39, 0.29) is 12.2 Å². The lowest BCUT2D eigenvalue weighted by atomic mass is 9.74. The van der Waals surface area contributed by atoms with Crippen LogP contribution in [0.3, 0.4) is 0 Å². The summed E-state index contributed by atoms with van der Waals surface area (Å²) < 4.78 is 16.5. The van der Waals surface area contributed by atoms with Crippen LogP contribution in [-0.4, -0.2) is 48.3 Å². The molecule has 0 aliphatic carbocycles. The molecule has 0 saturated carbocycles. The summed E-state index contributed by atoms with van der Waals surface area (Å²) in [6.45, 7) is 7.26. The maximum atomic E-state index is 12.7. The standard InChI is InChI=1S/C18H20N2O5/c1-11(9-19)18(22)15(14-10-24-17(2,3)25-14)20(16(18)21)12-5-7-13(23-4)8-6-12/h5-8,14-15,22H,1,10H2,2-4H3/t14-,15+,18-/m1/s1. The van der Waals surface area contributed by atoms with Gasteiger partial charge in [0.2, 0.25) is 5.60 Å². The second kappa shape index (κ2) is 5.85. The van der Waals surface area contributed by atoms with Crippen LogP contribution in [-0.2, 0) is 14.3 Å². The van der Waals surface area contributed by atoms with Crippen LogP contribution in [0.25, 0.3) is 0 Å². The smallest absolute Gasteiger partial charge is 0.267 e. The third kappa shape index (κ3) is 2.59. The highest BCUT2D eigenvalue weighted by atomic mass is 16.7. The molecule has 0 bridgehead atoms. The number of β-lactam (4-membered cyclic amide) rings is 1. The highest BCUT2D eigenvalue weighted by molar-refractivity contribution is 6.11. The minimum absolute atomic E-state index is 0.193. The Kier molecular flexibility index (Phi) is 4.07. The van der Waals surface area contributed by atoms with Gasteiger partial charge >= 0.3 is 0 Å². The number of carbonyl (C=O) groups excluding carboxylic acids is 1. The van der Waals surface area contributed by atoms with E-state index in [1.807, 2.05) is 0 Å². The van der Waals surface area contributed by atoms with E-state index in [1.165, 1.54) is 4.90 Å². The van der Waals surface area contributed by atoms with E-state index < -0.39 is 29.4 Å². The Balaban J connectivity index is 1.98. The molecule has 0 spiro atoms. The van der Waals surface area contributed by atoms with Crippen molar-refractivity contribution in [1.29, 1.82) is 5.26 Å². The minimum Gasteiger partial charge on any atom is -0.497 e. The van der Waals surface area contributed by atoms with Gasteiger partial charge in [-0.15, -0.1) is 0 Å². The van der Waals surface area contributed by atoms with Gasteiger partial charge in [-0.3, -0.25) is 9.69 Å². The summed E-state index contributed by atoms with van der Waals surface area (Å²) in [5, 5.41) is 20.1. The lowest BCUT2D eigenvalue weighted by molar-refractivity contribution is -0.168. The predicted molar refractivity (Wildman–Crippen MR) is 88.9 cm³/mol. The Morgan fingerprint density at radius 1 is 1.44 bits per heavy atom. The summed E-state index contributed by atoms with van der Waals surface area (Å²) in [7, 11) is 1.55. The Hall–Kier alpha value is -2.40. The average Bonchev–Trinajstić information content (AvgIpc) is 2.96. The lowest BCUT2D eigenvalue weighted by Gasteiger charge is -2.54. The number of rotatable bonds is 4. The summed E-state index contributed by atoms with van der Waals surface area (Å²) in [5.74, 6) is -0.793. The Bertz CT molecular complexity index is 752. The molecule has 1 aromatic rings. The second-order valence-corrected chi connectivity index (χ2v) is 6.54. The molecule has 1 N–H and O–H groups in total. The van der Waals surface area contributed by atoms with E-state index in [9.17, 15) is 15.2 Å². The third-order valence-corrected chi connectivity index (χ3v) is 4.58. The molecule has 2 fully saturated rings. The molecule has 25 heavy (non-hydrogen) atoms. The normalized spacial score (nSPS) is 30.5. The summed E-state index contributed by atoms with van der Waals surface area (Å²) >= 11 is 0. The summed E-state index contributed by atoms with van der Waals surface area (Å²) in [6.07, 6.45) is -0.593. The predicted octanol–water partition coefficient (Wildman–Crippen LogP) is 1.37. The molecular weight excluding hydrogens is 324 g/mol. The van der Waals surface area contributed by atoms with Gasteiger partial charge in [-0.05, 0) is 38.1 Å². The molecular formula is C18H20N2O5. The van der Waals surface area contributed by atoms with E-state index in [1.54, 1.807) is 51.3 Å². The van der Waals surface area contributed by atoms with Crippen molar-refractivity contribution >= 4 is 11.6 Å². The molecule has 132 valence electrons. The van der Waals surface area contributed by atoms with Crippen LogP contribution in [0.15, 0.2) is 36.4 Å². The Morgan fingerprint density at radius 3 is 2.56 bits per heavy atom. The average molecular weight is 344 g/mol. The van der Waals surface area contributed by atoms with Crippen LogP contribution in [0.4, 0.5) is 5.69 Å². The molecule has 7 heteroatoms. The molecule has 1 amide bonds. The number of nitriles is 1. The van der Waals surface area contributed by atoms with Gasteiger partial charge in [-0.2, -0.15) is 5.26 Å². The van der Waals surface area contributed by atoms with Crippen LogP contribution in [0.1, 0.15) is 13.8 Å². The van der Waals surface area contributed by atoms with Crippen molar-refractivity contribution in [2.24, 2.45) is 0 Å². The number of ether oxygens (including phenoxy) is 3. The minimum atomic E-state index is -2.00. The number of carbonyl (C=O) groups is 1. The number of amides is 1. The molecule has 0 aromatic heterocycles. The van der Waals surface area contributed by atoms with Crippen molar-refractivity contribution in [3.63, 3.8) is 0 Å². The number of benzene rings is 1. The molecule has 0 unspecified atom stereocenters. The van der Waals surface area contributed by atoms with Crippen molar-refractivity contribution in [3.05, 3.63) is 36.4 Å². The molecule has 7 nitrogen and oxygen atoms in total. The Labute approximate surface area is 146 Å². The fourth-order valence-electron chi connectivity index (χ4n) is 3.28. The molecule has 1 aromatic carbocycles. The van der Waals surface area contributed by atoms with Crippen molar-refractivity contribution < 1.29 is 24.1 Å². The Morgan fingerprint density at radius 2 is 2.08 bits per heavy atom. The molecule has 2 aliphatic rings. The van der Waals surface area contributed by atoms with Crippen molar-refractivity contribution in [2.45, 2.75) is 37.4 Å². The number of aliphatic hydroxyl groups is 1. The van der Waals surface area contributed by atoms with Crippen LogP contribution >= 0.6 is 0 Å². The highest BCUT2D eigenvalue weighted by Crippen LogP contribution is 2.44. The van der Waals surface area contributed by atoms with E-state index in [0.717, 1.165) is 0 Å². The quantitative estimate of drug-likeness (QED) is 0.655. The SMILES string of the molecule is C=C(C#N)[C@]1(O)C(=O)N(c2ccc(OC)cc2)[C@H]1[C@H]1COC(C)(C)O1. The summed E-state index contributed by atoms with van der Waals surface area (Å²) in [6, 6.07) is 7.83. The van der Waals surface area contributed by atoms with Gasteiger partial charge < -0.3 is 19.3 Å². The van der Waals surface area contributed by atoms with Gasteiger partial charge in [-0.1, -0.05) is 6.58 Å². The molecule has 3 rings (SSSR count). The van der Waals surface area contributed by atoms with Crippen molar-refractivity contribution in [1.82, 2.24) is 0 Å². The van der Waals surface area contributed by atoms with Gasteiger partial charge in [0.25, 0.3) is 5.91 Å². The van der Waals surface area contributed by atoms with Crippen LogP contribution in [0, 0.1) is 11.3 Å². The maximum Gasteiger partial charge on any atom is 0.267 e. The van der Waals surface area contributed by atoms with Crippen molar-refractivity contribution in [2.75, 3.05) is 18.6 Å². The van der Waals surface area contributed by atoms with Gasteiger partial charge in [0.1, 0.15) is 17.9 Å². The van der Waals surface area contributed by atoms with Crippen LogP contribution < -0.4 is 9.64 Å². The topological polar surface area (TPSA) is 92.0 Å². The van der Waals surface area contributed by atoms with E-state index in [4.69, 9.17) is 14.2 Å². The lowest BCUT2D eigenvalue weighted by Crippen LogP contribution is -2.78. The van der Waals surface area contributed by atoms with Gasteiger partial charge in [-0.25, -0.2) is 0 Å². The maximum absolute atomic E-state index is 12.7. The second-order valence-electron chi connectivity index (χ2n) is 6.54. The van der Waals surface area contributed by atoms with E-state index in [2.05, 4.69) is 6.58 Å². The zero-order chi connectivity index (χ0) is 18.4. The van der Waals surface area contributed by atoms with Gasteiger partial charge in [0.15, 0.2) is 5.79 Å². The van der Waals surface area contributed by atoms with Crippen LogP contribution in [0.2, 0.25) is 0 Å². The molecule has 3 atom stereocenters. The first kappa shape index (κ1) is 17.4. The number of anilines is 1. The number of methoxy groups -OCH3 is 1. The molecule has 0 radical (unpaired) electrons. The molecule has 2 saturated heterocycles. The highest BCUT2D eigenvalue weighted by Gasteiger charge is 2.66. The van der Waals surface area contributed by atoms with Gasteiger partial charge in [0.05, 0.1) is 25.4 Å². The van der Waals surface area contributed by atoms with E-state index >= 15 is 0 Å². The first-order valence-electron chi connectivity index (χ1n) is 7.86. The first-order valence-corrected chi connectivity index (χ1v) is 7.86.